The molecule has 0 aliphatic carbocycles. The Bertz CT molecular complexity index is 888. The van der Waals surface area contributed by atoms with Gasteiger partial charge in [0.2, 0.25) is 6.23 Å². The summed E-state index contributed by atoms with van der Waals surface area (Å²) in [5.74, 6) is -0.643. The van der Waals surface area contributed by atoms with E-state index in [0.717, 1.165) is 11.0 Å². The number of alkyl halides is 4. The number of ether oxygens (including phenoxy) is 1. The Morgan fingerprint density at radius 2 is 2.07 bits per heavy atom. The molecule has 0 fully saturated rings. The van der Waals surface area contributed by atoms with Crippen LogP contribution in [0.4, 0.5) is 23.2 Å². The highest BCUT2D eigenvalue weighted by Gasteiger charge is 2.51. The molecule has 2 aromatic rings. The number of benzene rings is 1. The van der Waals surface area contributed by atoms with E-state index >= 15 is 0 Å². The first-order valence-corrected chi connectivity index (χ1v) is 7.70. The number of hydrogen-bond acceptors (Lipinski definition) is 6. The van der Waals surface area contributed by atoms with Crippen LogP contribution in [0.5, 0.6) is 5.75 Å². The number of fused-ring (bicyclic) bond motifs is 1. The first-order chi connectivity index (χ1) is 12.7. The molecule has 27 heavy (non-hydrogen) atoms. The Morgan fingerprint density at radius 1 is 1.33 bits per heavy atom. The second kappa shape index (κ2) is 7.02. The number of nitrogens with zero attached hydrogens (tertiary/aromatic N) is 3. The normalized spacial score (nSPS) is 19.2. The zero-order valence-corrected chi connectivity index (χ0v) is 13.6. The van der Waals surface area contributed by atoms with Crippen LogP contribution in [0.25, 0.3) is 0 Å². The van der Waals surface area contributed by atoms with E-state index in [0.29, 0.717) is 5.56 Å². The molecule has 1 aromatic carbocycles. The van der Waals surface area contributed by atoms with E-state index in [9.17, 15) is 27.8 Å². The molecule has 2 heterocycles. The predicted octanol–water partition coefficient (Wildman–Crippen LogP) is 2.56. The van der Waals surface area contributed by atoms with Gasteiger partial charge in [0.05, 0.1) is 5.69 Å². The lowest BCUT2D eigenvalue weighted by Crippen LogP contribution is -2.54. The summed E-state index contributed by atoms with van der Waals surface area (Å²) in [6.45, 7) is -0.279. The SMILES string of the molecule is N#Cc1cc(CN2c3cccc(C(O)C(F)F)c3OC(F)(F)C2O)ccn1. The Kier molecular flexibility index (Phi) is 4.91. The molecular formula is C17H13F4N3O3. The predicted molar refractivity (Wildman–Crippen MR) is 84.1 cm³/mol. The highest BCUT2D eigenvalue weighted by molar-refractivity contribution is 5.65. The quantitative estimate of drug-likeness (QED) is 0.789. The number of nitriles is 1. The van der Waals surface area contributed by atoms with Gasteiger partial charge in [0.1, 0.15) is 17.9 Å². The molecule has 0 spiro atoms. The smallest absolute Gasteiger partial charge is 0.427 e. The van der Waals surface area contributed by atoms with Crippen molar-refractivity contribution in [3.8, 4) is 11.8 Å². The lowest BCUT2D eigenvalue weighted by atomic mass is 10.0. The van der Waals surface area contributed by atoms with Crippen LogP contribution in [0.2, 0.25) is 0 Å². The molecule has 0 saturated carbocycles. The van der Waals surface area contributed by atoms with Crippen molar-refractivity contribution in [1.82, 2.24) is 4.98 Å². The molecule has 0 radical (unpaired) electrons. The first-order valence-electron chi connectivity index (χ1n) is 7.70. The van der Waals surface area contributed by atoms with Crippen LogP contribution in [-0.2, 0) is 6.54 Å². The van der Waals surface area contributed by atoms with Crippen molar-refractivity contribution >= 4 is 5.69 Å². The largest absolute Gasteiger partial charge is 0.444 e. The number of hydrogen-bond donors (Lipinski definition) is 2. The van der Waals surface area contributed by atoms with Crippen LogP contribution in [0, 0.1) is 11.3 Å². The monoisotopic (exact) mass is 383 g/mol. The highest BCUT2D eigenvalue weighted by atomic mass is 19.3. The summed E-state index contributed by atoms with van der Waals surface area (Å²) in [6.07, 6.45) is -10.8. The van der Waals surface area contributed by atoms with Gasteiger partial charge in [0.25, 0.3) is 6.43 Å². The highest BCUT2D eigenvalue weighted by Crippen LogP contribution is 2.46. The van der Waals surface area contributed by atoms with Gasteiger partial charge in [-0.15, -0.1) is 0 Å². The zero-order chi connectivity index (χ0) is 19.8. The van der Waals surface area contributed by atoms with Gasteiger partial charge in [-0.05, 0) is 23.8 Å². The fourth-order valence-electron chi connectivity index (χ4n) is 2.75. The number of anilines is 1. The third kappa shape index (κ3) is 3.51. The second-order valence-corrected chi connectivity index (χ2v) is 5.80. The van der Waals surface area contributed by atoms with Crippen molar-refractivity contribution < 1.29 is 32.5 Å². The number of aromatic nitrogens is 1. The van der Waals surface area contributed by atoms with E-state index in [1.807, 2.05) is 0 Å². The Labute approximate surface area is 150 Å². The molecule has 1 aromatic heterocycles. The van der Waals surface area contributed by atoms with E-state index in [2.05, 4.69) is 9.72 Å². The maximum atomic E-state index is 14.2. The van der Waals surface area contributed by atoms with Gasteiger partial charge in [0, 0.05) is 18.3 Å². The van der Waals surface area contributed by atoms with Crippen LogP contribution in [0.1, 0.15) is 22.9 Å². The number of pyridine rings is 1. The zero-order valence-electron chi connectivity index (χ0n) is 13.6. The van der Waals surface area contributed by atoms with Crippen molar-refractivity contribution in [3.63, 3.8) is 0 Å². The molecule has 1 aliphatic heterocycles. The third-order valence-corrected chi connectivity index (χ3v) is 4.02. The average molecular weight is 383 g/mol. The molecule has 10 heteroatoms. The van der Waals surface area contributed by atoms with Gasteiger partial charge in [-0.1, -0.05) is 12.1 Å². The summed E-state index contributed by atoms with van der Waals surface area (Å²) in [7, 11) is 0. The van der Waals surface area contributed by atoms with Crippen LogP contribution in [-0.4, -0.2) is 34.0 Å². The maximum Gasteiger partial charge on any atom is 0.444 e. The van der Waals surface area contributed by atoms with Crippen LogP contribution < -0.4 is 9.64 Å². The topological polar surface area (TPSA) is 89.6 Å². The Morgan fingerprint density at radius 3 is 2.74 bits per heavy atom. The van der Waals surface area contributed by atoms with Crippen molar-refractivity contribution in [2.24, 2.45) is 0 Å². The van der Waals surface area contributed by atoms with E-state index in [-0.39, 0.29) is 17.9 Å². The van der Waals surface area contributed by atoms with Gasteiger partial charge < -0.3 is 19.8 Å². The van der Waals surface area contributed by atoms with Crippen LogP contribution in [0.15, 0.2) is 36.5 Å². The van der Waals surface area contributed by atoms with Gasteiger partial charge in [-0.2, -0.15) is 14.0 Å². The van der Waals surface area contributed by atoms with Crippen molar-refractivity contribution in [3.05, 3.63) is 53.3 Å². The van der Waals surface area contributed by atoms with E-state index < -0.39 is 36.2 Å². The van der Waals surface area contributed by atoms with E-state index in [1.54, 1.807) is 6.07 Å². The van der Waals surface area contributed by atoms with Crippen molar-refractivity contribution in [1.29, 1.82) is 5.26 Å². The average Bonchev–Trinajstić information content (AvgIpc) is 2.64. The molecule has 3 rings (SSSR count). The first kappa shape index (κ1) is 18.9. The van der Waals surface area contributed by atoms with Gasteiger partial charge in [-0.25, -0.2) is 13.8 Å². The lowest BCUT2D eigenvalue weighted by molar-refractivity contribution is -0.246. The number of aliphatic hydroxyl groups is 2. The van der Waals surface area contributed by atoms with E-state index in [4.69, 9.17) is 5.26 Å². The standard InChI is InChI=1S/C17H13F4N3O3/c18-15(19)13(25)11-2-1-3-12-14(11)27-17(20,21)16(26)24(12)8-9-4-5-23-10(6-9)7-22/h1-6,13,15-16,25-26H,8H2. The minimum Gasteiger partial charge on any atom is -0.427 e. The number of para-hydroxylation sites is 1. The minimum absolute atomic E-state index is 0.0455. The molecule has 1 aliphatic rings. The minimum atomic E-state index is -4.12. The third-order valence-electron chi connectivity index (χ3n) is 4.02. The molecule has 0 saturated heterocycles. The summed E-state index contributed by atoms with van der Waals surface area (Å²) < 4.78 is 58.6. The molecule has 2 unspecified atom stereocenters. The molecule has 0 amide bonds. The van der Waals surface area contributed by atoms with E-state index in [1.165, 1.54) is 30.5 Å². The lowest BCUT2D eigenvalue weighted by Gasteiger charge is -2.40. The molecular weight excluding hydrogens is 370 g/mol. The fraction of sp³-hybridized carbons (Fsp3) is 0.294. The van der Waals surface area contributed by atoms with Gasteiger partial charge in [-0.3, -0.25) is 0 Å². The summed E-state index contributed by atoms with van der Waals surface area (Å²) in [6, 6.07) is 8.22. The van der Waals surface area contributed by atoms with Crippen molar-refractivity contribution in [2.45, 2.75) is 31.4 Å². The Balaban J connectivity index is 2.07. The number of halogens is 4. The van der Waals surface area contributed by atoms with Crippen molar-refractivity contribution in [2.75, 3.05) is 4.90 Å². The summed E-state index contributed by atoms with van der Waals surface area (Å²) in [5.41, 5.74) is -0.194. The fourth-order valence-corrected chi connectivity index (χ4v) is 2.75. The molecule has 142 valence electrons. The summed E-state index contributed by atoms with van der Waals surface area (Å²) in [4.78, 5) is 4.61. The molecule has 2 N–H and O–H groups in total. The molecule has 2 atom stereocenters. The Hall–Kier alpha value is -2.90. The summed E-state index contributed by atoms with van der Waals surface area (Å²) >= 11 is 0. The van der Waals surface area contributed by atoms with Gasteiger partial charge >= 0.3 is 6.11 Å². The second-order valence-electron chi connectivity index (χ2n) is 5.80. The number of rotatable bonds is 4. The summed E-state index contributed by atoms with van der Waals surface area (Å²) in [5, 5.41) is 28.6. The maximum absolute atomic E-state index is 14.2. The van der Waals surface area contributed by atoms with Crippen LogP contribution >= 0.6 is 0 Å². The van der Waals surface area contributed by atoms with Gasteiger partial charge in [0.15, 0.2) is 5.75 Å². The van der Waals surface area contributed by atoms with Crippen LogP contribution in [0.3, 0.4) is 0 Å². The molecule has 0 bridgehead atoms. The number of aliphatic hydroxyl groups excluding tert-OH is 2. The molecule has 6 nitrogen and oxygen atoms in total.